The smallest absolute Gasteiger partial charge is 0.287 e. The molecule has 0 aliphatic carbocycles. The van der Waals surface area contributed by atoms with Gasteiger partial charge in [-0.1, -0.05) is 35.8 Å². The molecule has 0 aliphatic heterocycles. The standard InChI is InChI=1S/C25H29ClN6O4/c1-4-18-13-20(9-10-22(18)36-16(2)3)29-25-30-23(33)21(24(34)32(27)12-11-28-35)15-31(25)14-17-5-7-19(26)8-6-17/h5-10,13,15-16H,4,11-12,14,27H2,1-3H3,(H,29,30,33). The Morgan fingerprint density at radius 1 is 1.25 bits per heavy atom. The van der Waals surface area contributed by atoms with E-state index in [1.54, 1.807) is 16.7 Å². The Hall–Kier alpha value is -3.76. The number of carbonyl (C=O) groups excluding carboxylic acids is 1. The van der Waals surface area contributed by atoms with Crippen molar-refractivity contribution in [2.75, 3.05) is 18.4 Å². The Bertz CT molecular complexity index is 1280. The molecule has 1 amide bonds. The van der Waals surface area contributed by atoms with Crippen molar-refractivity contribution < 1.29 is 9.53 Å². The Morgan fingerprint density at radius 3 is 2.61 bits per heavy atom. The lowest BCUT2D eigenvalue weighted by atomic mass is 10.1. The van der Waals surface area contributed by atoms with Crippen molar-refractivity contribution in [3.63, 3.8) is 0 Å². The van der Waals surface area contributed by atoms with Crippen LogP contribution in [0, 0.1) is 4.91 Å². The number of amides is 1. The molecule has 0 radical (unpaired) electrons. The van der Waals surface area contributed by atoms with Gasteiger partial charge in [0.05, 0.1) is 19.2 Å². The number of benzene rings is 2. The molecule has 1 aromatic heterocycles. The van der Waals surface area contributed by atoms with Gasteiger partial charge in [0.25, 0.3) is 11.5 Å². The van der Waals surface area contributed by atoms with Crippen molar-refractivity contribution in [2.45, 2.75) is 39.8 Å². The highest BCUT2D eigenvalue weighted by Gasteiger charge is 2.20. The fourth-order valence-electron chi connectivity index (χ4n) is 3.48. The van der Waals surface area contributed by atoms with Crippen LogP contribution in [0.25, 0.3) is 0 Å². The molecular weight excluding hydrogens is 484 g/mol. The van der Waals surface area contributed by atoms with Crippen LogP contribution in [0.2, 0.25) is 5.02 Å². The number of aromatic nitrogens is 2. The lowest BCUT2D eigenvalue weighted by Crippen LogP contribution is -2.42. The summed E-state index contributed by atoms with van der Waals surface area (Å²) in [6.45, 7) is 5.94. The Morgan fingerprint density at radius 2 is 1.97 bits per heavy atom. The molecule has 190 valence electrons. The number of hydrazine groups is 1. The third kappa shape index (κ3) is 6.89. The number of nitroso groups, excluding NO2 is 1. The number of rotatable bonds is 11. The molecule has 1 heterocycles. The first kappa shape index (κ1) is 26.8. The molecule has 0 unspecified atom stereocenters. The van der Waals surface area contributed by atoms with E-state index in [2.05, 4.69) is 15.5 Å². The summed E-state index contributed by atoms with van der Waals surface area (Å²) in [7, 11) is 0. The fourth-order valence-corrected chi connectivity index (χ4v) is 3.61. The molecule has 10 nitrogen and oxygen atoms in total. The van der Waals surface area contributed by atoms with Gasteiger partial charge in [-0.15, -0.1) is 0 Å². The molecule has 3 N–H and O–H groups in total. The highest BCUT2D eigenvalue weighted by atomic mass is 35.5. The van der Waals surface area contributed by atoms with E-state index in [1.165, 1.54) is 6.20 Å². The summed E-state index contributed by atoms with van der Waals surface area (Å²) in [5, 5.41) is 7.25. The van der Waals surface area contributed by atoms with Gasteiger partial charge in [-0.3, -0.25) is 14.6 Å². The van der Waals surface area contributed by atoms with E-state index in [-0.39, 0.29) is 30.7 Å². The largest absolute Gasteiger partial charge is 0.491 e. The molecule has 3 aromatic rings. The fraction of sp³-hybridized carbons (Fsp3) is 0.320. The maximum atomic E-state index is 12.8. The van der Waals surface area contributed by atoms with Gasteiger partial charge in [0, 0.05) is 16.9 Å². The molecule has 0 spiro atoms. The van der Waals surface area contributed by atoms with Crippen LogP contribution in [-0.4, -0.2) is 39.7 Å². The van der Waals surface area contributed by atoms with Gasteiger partial charge in [-0.2, -0.15) is 9.89 Å². The van der Waals surface area contributed by atoms with E-state index in [0.717, 1.165) is 28.3 Å². The molecule has 11 heteroatoms. The number of hydrogen-bond donors (Lipinski definition) is 2. The average molecular weight is 513 g/mol. The van der Waals surface area contributed by atoms with Crippen molar-refractivity contribution in [2.24, 2.45) is 11.0 Å². The third-order valence-corrected chi connectivity index (χ3v) is 5.50. The second-order valence-electron chi connectivity index (χ2n) is 8.36. The van der Waals surface area contributed by atoms with Crippen molar-refractivity contribution in [1.29, 1.82) is 0 Å². The van der Waals surface area contributed by atoms with Crippen LogP contribution in [-0.2, 0) is 13.0 Å². The van der Waals surface area contributed by atoms with E-state index in [4.69, 9.17) is 22.2 Å². The molecule has 36 heavy (non-hydrogen) atoms. The first-order valence-corrected chi connectivity index (χ1v) is 11.9. The zero-order valence-electron chi connectivity index (χ0n) is 20.4. The van der Waals surface area contributed by atoms with Crippen molar-refractivity contribution in [1.82, 2.24) is 14.6 Å². The van der Waals surface area contributed by atoms with Gasteiger partial charge in [-0.25, -0.2) is 5.84 Å². The molecule has 3 rings (SSSR count). The zero-order chi connectivity index (χ0) is 26.2. The summed E-state index contributed by atoms with van der Waals surface area (Å²) in [5.74, 6) is 6.01. The van der Waals surface area contributed by atoms with E-state index < -0.39 is 11.5 Å². The molecule has 0 fully saturated rings. The van der Waals surface area contributed by atoms with Gasteiger partial charge in [-0.05, 0) is 61.7 Å². The zero-order valence-corrected chi connectivity index (χ0v) is 21.2. The molecule has 2 aromatic carbocycles. The maximum Gasteiger partial charge on any atom is 0.287 e. The molecule has 0 saturated heterocycles. The summed E-state index contributed by atoms with van der Waals surface area (Å²) < 4.78 is 7.52. The number of ether oxygens (including phenoxy) is 1. The van der Waals surface area contributed by atoms with Crippen LogP contribution >= 0.6 is 11.6 Å². The molecule has 0 aliphatic rings. The number of nitrogens with one attached hydrogen (secondary N) is 1. The highest BCUT2D eigenvalue weighted by molar-refractivity contribution is 6.30. The van der Waals surface area contributed by atoms with Gasteiger partial charge in [0.2, 0.25) is 5.95 Å². The second kappa shape index (κ2) is 12.3. The minimum atomic E-state index is -0.754. The van der Waals surface area contributed by atoms with E-state index >= 15 is 0 Å². The van der Waals surface area contributed by atoms with Crippen LogP contribution in [0.5, 0.6) is 5.75 Å². The number of anilines is 2. The summed E-state index contributed by atoms with van der Waals surface area (Å²) >= 11 is 6.01. The molecule has 0 bridgehead atoms. The van der Waals surface area contributed by atoms with Gasteiger partial charge < -0.3 is 14.6 Å². The third-order valence-electron chi connectivity index (χ3n) is 5.24. The van der Waals surface area contributed by atoms with E-state index in [9.17, 15) is 14.5 Å². The van der Waals surface area contributed by atoms with Crippen molar-refractivity contribution in [3.05, 3.63) is 85.6 Å². The first-order chi connectivity index (χ1) is 17.2. The number of carbonyl (C=O) groups is 1. The summed E-state index contributed by atoms with van der Waals surface area (Å²) in [6, 6.07) is 12.8. The predicted molar refractivity (Wildman–Crippen MR) is 140 cm³/mol. The average Bonchev–Trinajstić information content (AvgIpc) is 2.85. The lowest BCUT2D eigenvalue weighted by Gasteiger charge is -2.19. The second-order valence-corrected chi connectivity index (χ2v) is 8.79. The summed E-state index contributed by atoms with van der Waals surface area (Å²) in [6.07, 6.45) is 2.19. The van der Waals surface area contributed by atoms with Crippen molar-refractivity contribution >= 4 is 29.1 Å². The van der Waals surface area contributed by atoms with Gasteiger partial charge >= 0.3 is 0 Å². The Balaban J connectivity index is 2.01. The quantitative estimate of drug-likeness (QED) is 0.171. The lowest BCUT2D eigenvalue weighted by molar-refractivity contribution is 0.0757. The molecule has 0 saturated carbocycles. The van der Waals surface area contributed by atoms with Crippen LogP contribution < -0.4 is 21.5 Å². The SMILES string of the molecule is CCc1cc(Nc2nc(=O)c(C(=O)N(N)CCN=O)cn2Cc2ccc(Cl)cc2)ccc1OC(C)C. The van der Waals surface area contributed by atoms with Crippen LogP contribution in [0.3, 0.4) is 0 Å². The maximum absolute atomic E-state index is 12.8. The summed E-state index contributed by atoms with van der Waals surface area (Å²) in [5.41, 5.74) is 1.60. The predicted octanol–water partition coefficient (Wildman–Crippen LogP) is 4.12. The van der Waals surface area contributed by atoms with Crippen molar-refractivity contribution in [3.8, 4) is 5.75 Å². The normalized spacial score (nSPS) is 10.8. The minimum absolute atomic E-state index is 0.0369. The monoisotopic (exact) mass is 512 g/mol. The highest BCUT2D eigenvalue weighted by Crippen LogP contribution is 2.26. The number of nitrogens with two attached hydrogens (primary N) is 1. The molecular formula is C25H29ClN6O4. The number of aryl methyl sites for hydroxylation is 1. The number of nitrogens with zero attached hydrogens (tertiary/aromatic N) is 4. The van der Waals surface area contributed by atoms with E-state index in [1.807, 2.05) is 51.1 Å². The van der Waals surface area contributed by atoms with Crippen LogP contribution in [0.15, 0.2) is 58.6 Å². The first-order valence-electron chi connectivity index (χ1n) is 11.5. The van der Waals surface area contributed by atoms with E-state index in [0.29, 0.717) is 17.3 Å². The molecule has 0 atom stereocenters. The Kier molecular flexibility index (Phi) is 9.15. The summed E-state index contributed by atoms with van der Waals surface area (Å²) in [4.78, 5) is 40.1. The minimum Gasteiger partial charge on any atom is -0.491 e. The van der Waals surface area contributed by atoms with Crippen LogP contribution in [0.4, 0.5) is 11.6 Å². The number of hydrogen-bond acceptors (Lipinski definition) is 8. The number of halogens is 1. The Labute approximate surface area is 214 Å². The topological polar surface area (TPSA) is 132 Å². The van der Waals surface area contributed by atoms with Gasteiger partial charge in [0.1, 0.15) is 17.9 Å². The van der Waals surface area contributed by atoms with Gasteiger partial charge in [0.15, 0.2) is 0 Å². The van der Waals surface area contributed by atoms with Crippen LogP contribution in [0.1, 0.15) is 42.3 Å².